The van der Waals surface area contributed by atoms with Gasteiger partial charge in [-0.05, 0) is 19.1 Å². The molecular weight excluding hydrogens is 290 g/mol. The molecule has 1 aromatic heterocycles. The molecule has 0 atom stereocenters. The van der Waals surface area contributed by atoms with Crippen LogP contribution in [0.1, 0.15) is 5.69 Å². The molecule has 0 saturated carbocycles. The maximum atomic E-state index is 11.3. The lowest BCUT2D eigenvalue weighted by molar-refractivity contribution is 0.598. The number of hydrogen-bond acceptors (Lipinski definition) is 6. The molecule has 0 fully saturated rings. The van der Waals surface area contributed by atoms with E-state index >= 15 is 0 Å². The number of benzene rings is 1. The lowest BCUT2D eigenvalue weighted by Crippen LogP contribution is -2.14. The van der Waals surface area contributed by atoms with Crippen LogP contribution in [-0.4, -0.2) is 13.4 Å². The second-order valence-electron chi connectivity index (χ2n) is 3.57. The van der Waals surface area contributed by atoms with Crippen molar-refractivity contribution in [1.29, 1.82) is 0 Å². The minimum Gasteiger partial charge on any atom is -0.397 e. The zero-order valence-corrected chi connectivity index (χ0v) is 11.9. The Balaban J connectivity index is 2.41. The molecule has 0 radical (unpaired) electrons. The van der Waals surface area contributed by atoms with Crippen molar-refractivity contribution >= 4 is 38.8 Å². The van der Waals surface area contributed by atoms with Crippen LogP contribution in [-0.2, 0) is 10.0 Å². The fourth-order valence-corrected chi connectivity index (χ4v) is 3.95. The van der Waals surface area contributed by atoms with E-state index in [2.05, 4.69) is 4.98 Å². The molecule has 5 nitrogen and oxygen atoms in total. The molecule has 0 aliphatic heterocycles. The van der Waals surface area contributed by atoms with E-state index in [1.54, 1.807) is 12.1 Å². The first-order chi connectivity index (χ1) is 8.38. The molecule has 4 N–H and O–H groups in total. The fourth-order valence-electron chi connectivity index (χ4n) is 1.33. The summed E-state index contributed by atoms with van der Waals surface area (Å²) in [5.74, 6) is 0. The third kappa shape index (κ3) is 2.83. The molecule has 96 valence electrons. The van der Waals surface area contributed by atoms with Gasteiger partial charge in [0.25, 0.3) is 0 Å². The summed E-state index contributed by atoms with van der Waals surface area (Å²) in [6, 6.07) is 4.74. The third-order valence-electron chi connectivity index (χ3n) is 2.13. The summed E-state index contributed by atoms with van der Waals surface area (Å²) < 4.78 is 23.5. The smallest absolute Gasteiger partial charge is 0.240 e. The summed E-state index contributed by atoms with van der Waals surface area (Å²) in [6.45, 7) is 1.89. The van der Waals surface area contributed by atoms with Crippen molar-refractivity contribution in [3.63, 3.8) is 0 Å². The van der Waals surface area contributed by atoms with Gasteiger partial charge in [-0.1, -0.05) is 17.8 Å². The normalized spacial score (nSPS) is 11.7. The van der Waals surface area contributed by atoms with Crippen molar-refractivity contribution in [3.8, 4) is 0 Å². The molecule has 1 aromatic carbocycles. The minimum absolute atomic E-state index is 0.0548. The molecule has 0 bridgehead atoms. The molecule has 8 heteroatoms. The van der Waals surface area contributed by atoms with Gasteiger partial charge in [-0.25, -0.2) is 18.5 Å². The van der Waals surface area contributed by atoms with Crippen LogP contribution in [0, 0.1) is 6.92 Å². The van der Waals surface area contributed by atoms with Crippen molar-refractivity contribution in [2.45, 2.75) is 21.1 Å². The second kappa shape index (κ2) is 4.88. The molecular formula is C10H11N3O2S3. The highest BCUT2D eigenvalue weighted by molar-refractivity contribution is 8.01. The predicted molar refractivity (Wildman–Crippen MR) is 73.2 cm³/mol. The van der Waals surface area contributed by atoms with E-state index in [9.17, 15) is 8.42 Å². The second-order valence-corrected chi connectivity index (χ2v) is 7.25. The molecule has 2 aromatic rings. The van der Waals surface area contributed by atoms with Gasteiger partial charge in [0, 0.05) is 16.0 Å². The maximum absolute atomic E-state index is 11.3. The number of thiazole rings is 1. The number of aromatic nitrogens is 1. The summed E-state index contributed by atoms with van der Waals surface area (Å²) in [5, 5.41) is 7.01. The maximum Gasteiger partial charge on any atom is 0.240 e. The van der Waals surface area contributed by atoms with Gasteiger partial charge in [0.15, 0.2) is 4.34 Å². The zero-order valence-electron chi connectivity index (χ0n) is 9.45. The first-order valence-corrected chi connectivity index (χ1v) is 8.13. The van der Waals surface area contributed by atoms with E-state index in [-0.39, 0.29) is 10.6 Å². The number of primary sulfonamides is 1. The van der Waals surface area contributed by atoms with E-state index in [1.165, 1.54) is 29.2 Å². The van der Waals surface area contributed by atoms with Crippen LogP contribution in [0.4, 0.5) is 5.69 Å². The Hall–Kier alpha value is -1.09. The summed E-state index contributed by atoms with van der Waals surface area (Å²) in [7, 11) is -3.80. The first-order valence-electron chi connectivity index (χ1n) is 4.89. The number of nitrogen functional groups attached to an aromatic ring is 1. The van der Waals surface area contributed by atoms with Crippen molar-refractivity contribution < 1.29 is 8.42 Å². The number of sulfonamides is 1. The molecule has 0 unspecified atom stereocenters. The Morgan fingerprint density at radius 1 is 1.39 bits per heavy atom. The Labute approximate surface area is 113 Å². The number of nitrogens with zero attached hydrogens (tertiary/aromatic N) is 1. The summed E-state index contributed by atoms with van der Waals surface area (Å²) in [6.07, 6.45) is 0. The zero-order chi connectivity index (χ0) is 13.3. The number of hydrogen-bond donors (Lipinski definition) is 2. The number of nitrogens with two attached hydrogens (primary N) is 2. The SMILES string of the molecule is Cc1csc(Sc2cccc(S(N)(=O)=O)c2N)n1. The molecule has 0 aliphatic rings. The van der Waals surface area contributed by atoms with Gasteiger partial charge in [0.05, 0.1) is 5.69 Å². The number of para-hydroxylation sites is 1. The van der Waals surface area contributed by atoms with Crippen molar-refractivity contribution in [3.05, 3.63) is 29.3 Å². The van der Waals surface area contributed by atoms with Gasteiger partial charge in [0.2, 0.25) is 10.0 Å². The highest BCUT2D eigenvalue weighted by Crippen LogP contribution is 2.36. The van der Waals surface area contributed by atoms with Gasteiger partial charge in [-0.3, -0.25) is 0 Å². The Kier molecular flexibility index (Phi) is 3.62. The highest BCUT2D eigenvalue weighted by atomic mass is 32.2. The lowest BCUT2D eigenvalue weighted by Gasteiger charge is -2.07. The average Bonchev–Trinajstić information content (AvgIpc) is 2.65. The predicted octanol–water partition coefficient (Wildman–Crippen LogP) is 1.83. The largest absolute Gasteiger partial charge is 0.397 e. The van der Waals surface area contributed by atoms with Crippen LogP contribution in [0.25, 0.3) is 0 Å². The van der Waals surface area contributed by atoms with Crippen LogP contribution >= 0.6 is 23.1 Å². The van der Waals surface area contributed by atoms with E-state index in [0.717, 1.165) is 10.0 Å². The molecule has 0 amide bonds. The van der Waals surface area contributed by atoms with Crippen LogP contribution in [0.2, 0.25) is 0 Å². The summed E-state index contributed by atoms with van der Waals surface area (Å²) in [5.41, 5.74) is 6.91. The number of rotatable bonds is 3. The van der Waals surface area contributed by atoms with Crippen LogP contribution in [0.5, 0.6) is 0 Å². The molecule has 0 aliphatic carbocycles. The first kappa shape index (κ1) is 13.3. The highest BCUT2D eigenvalue weighted by Gasteiger charge is 2.15. The Bertz CT molecular complexity index is 679. The molecule has 1 heterocycles. The van der Waals surface area contributed by atoms with Gasteiger partial charge in [-0.2, -0.15) is 0 Å². The Morgan fingerprint density at radius 3 is 2.67 bits per heavy atom. The van der Waals surface area contributed by atoms with Gasteiger partial charge in [0.1, 0.15) is 4.90 Å². The van der Waals surface area contributed by atoms with E-state index in [1.807, 2.05) is 12.3 Å². The quantitative estimate of drug-likeness (QED) is 0.843. The van der Waals surface area contributed by atoms with Crippen LogP contribution < -0.4 is 10.9 Å². The van der Waals surface area contributed by atoms with Crippen LogP contribution in [0.3, 0.4) is 0 Å². The monoisotopic (exact) mass is 301 g/mol. The van der Waals surface area contributed by atoms with Crippen molar-refractivity contribution in [2.24, 2.45) is 5.14 Å². The average molecular weight is 301 g/mol. The number of anilines is 1. The standard InChI is InChI=1S/C10H11N3O2S3/c1-6-5-16-10(13-6)17-7-3-2-4-8(9(7)11)18(12,14)15/h2-5H,11H2,1H3,(H2,12,14,15). The van der Waals surface area contributed by atoms with Gasteiger partial charge < -0.3 is 5.73 Å². The van der Waals surface area contributed by atoms with E-state index in [0.29, 0.717) is 4.90 Å². The van der Waals surface area contributed by atoms with E-state index < -0.39 is 10.0 Å². The van der Waals surface area contributed by atoms with E-state index in [4.69, 9.17) is 10.9 Å². The fraction of sp³-hybridized carbons (Fsp3) is 0.100. The van der Waals surface area contributed by atoms with Gasteiger partial charge >= 0.3 is 0 Å². The number of aryl methyl sites for hydroxylation is 1. The van der Waals surface area contributed by atoms with Crippen LogP contribution in [0.15, 0.2) is 37.7 Å². The minimum atomic E-state index is -3.80. The molecule has 0 spiro atoms. The Morgan fingerprint density at radius 2 is 2.11 bits per heavy atom. The lowest BCUT2D eigenvalue weighted by atomic mass is 10.3. The summed E-state index contributed by atoms with van der Waals surface area (Å²) in [4.78, 5) is 4.86. The summed E-state index contributed by atoms with van der Waals surface area (Å²) >= 11 is 2.81. The molecule has 0 saturated heterocycles. The van der Waals surface area contributed by atoms with Crippen molar-refractivity contribution in [1.82, 2.24) is 4.98 Å². The topological polar surface area (TPSA) is 99.1 Å². The third-order valence-corrected chi connectivity index (χ3v) is 5.23. The van der Waals surface area contributed by atoms with Crippen molar-refractivity contribution in [2.75, 3.05) is 5.73 Å². The molecule has 18 heavy (non-hydrogen) atoms. The van der Waals surface area contributed by atoms with Gasteiger partial charge in [-0.15, -0.1) is 11.3 Å². The molecule has 2 rings (SSSR count).